The van der Waals surface area contributed by atoms with Crippen molar-refractivity contribution in [3.8, 4) is 11.1 Å². The summed E-state index contributed by atoms with van der Waals surface area (Å²) in [4.78, 5) is 1.39. The van der Waals surface area contributed by atoms with Crippen LogP contribution in [0.2, 0.25) is 0 Å². The average molecular weight is 453 g/mol. The summed E-state index contributed by atoms with van der Waals surface area (Å²) >= 11 is 2.01. The molecule has 34 heavy (non-hydrogen) atoms. The van der Waals surface area contributed by atoms with Gasteiger partial charge in [0.25, 0.3) is 0 Å². The molecular weight excluding hydrogens is 428 g/mol. The first-order chi connectivity index (χ1) is 16.7. The molecule has 0 bridgehead atoms. The first-order valence-electron chi connectivity index (χ1n) is 11.9. The predicted molar refractivity (Wildman–Crippen MR) is 149 cm³/mol. The fourth-order valence-corrected chi connectivity index (χ4v) is 7.00. The number of fused-ring (bicyclic) bond motifs is 6. The van der Waals surface area contributed by atoms with Gasteiger partial charge < -0.3 is 0 Å². The summed E-state index contributed by atoms with van der Waals surface area (Å²) in [5.74, 6) is 0.461. The van der Waals surface area contributed by atoms with Crippen LogP contribution in [0.15, 0.2) is 109 Å². The SMILES string of the molecule is Cc1ccc2c(c1)cc(-c1cccc(C3=CC4C=Cc5ccccc5C4S3)c1)c1ccccc12. The lowest BCUT2D eigenvalue weighted by Crippen LogP contribution is -2.06. The van der Waals surface area contributed by atoms with Crippen molar-refractivity contribution >= 4 is 44.3 Å². The lowest BCUT2D eigenvalue weighted by atomic mass is 9.88. The van der Waals surface area contributed by atoms with Crippen molar-refractivity contribution < 1.29 is 0 Å². The molecule has 0 nitrogen and oxygen atoms in total. The van der Waals surface area contributed by atoms with Crippen LogP contribution in [0.5, 0.6) is 0 Å². The minimum absolute atomic E-state index is 0.461. The Hall–Kier alpha value is -3.55. The van der Waals surface area contributed by atoms with Crippen molar-refractivity contribution in [2.24, 2.45) is 5.92 Å². The lowest BCUT2D eigenvalue weighted by Gasteiger charge is -2.22. The summed E-state index contributed by atoms with van der Waals surface area (Å²) in [6.07, 6.45) is 7.12. The minimum atomic E-state index is 0.461. The molecule has 5 aromatic rings. The molecule has 2 unspecified atom stereocenters. The van der Waals surface area contributed by atoms with Crippen LogP contribution in [0, 0.1) is 12.8 Å². The topological polar surface area (TPSA) is 0 Å². The van der Waals surface area contributed by atoms with Crippen LogP contribution in [0.4, 0.5) is 0 Å². The first kappa shape index (κ1) is 19.9. The van der Waals surface area contributed by atoms with Crippen LogP contribution in [0.3, 0.4) is 0 Å². The summed E-state index contributed by atoms with van der Waals surface area (Å²) in [7, 11) is 0. The Bertz CT molecular complexity index is 1650. The van der Waals surface area contributed by atoms with E-state index in [2.05, 4.69) is 122 Å². The third-order valence-electron chi connectivity index (χ3n) is 7.22. The molecule has 0 spiro atoms. The van der Waals surface area contributed by atoms with E-state index in [-0.39, 0.29) is 0 Å². The molecule has 0 saturated heterocycles. The van der Waals surface area contributed by atoms with Crippen molar-refractivity contribution in [1.29, 1.82) is 0 Å². The normalized spacial score (nSPS) is 18.7. The number of hydrogen-bond donors (Lipinski definition) is 0. The smallest absolute Gasteiger partial charge is 0.0448 e. The fraction of sp³-hybridized carbons (Fsp3) is 0.0909. The second kappa shape index (κ2) is 7.75. The van der Waals surface area contributed by atoms with E-state index in [4.69, 9.17) is 0 Å². The van der Waals surface area contributed by atoms with E-state index in [1.54, 1.807) is 0 Å². The molecular formula is C33H24S. The molecule has 0 radical (unpaired) electrons. The second-order valence-corrected chi connectivity index (χ2v) is 10.6. The molecule has 0 fully saturated rings. The molecule has 2 aliphatic rings. The number of benzene rings is 5. The van der Waals surface area contributed by atoms with Crippen LogP contribution in [-0.4, -0.2) is 0 Å². The highest BCUT2D eigenvalue weighted by Crippen LogP contribution is 2.54. The van der Waals surface area contributed by atoms with E-state index in [1.165, 1.54) is 59.8 Å². The van der Waals surface area contributed by atoms with E-state index in [9.17, 15) is 0 Å². The van der Waals surface area contributed by atoms with Crippen LogP contribution >= 0.6 is 11.8 Å². The van der Waals surface area contributed by atoms with Crippen LogP contribution < -0.4 is 0 Å². The van der Waals surface area contributed by atoms with Gasteiger partial charge in [-0.3, -0.25) is 0 Å². The van der Waals surface area contributed by atoms with Gasteiger partial charge in [-0.1, -0.05) is 109 Å². The zero-order chi connectivity index (χ0) is 22.6. The molecule has 1 heteroatoms. The molecule has 1 heterocycles. The van der Waals surface area contributed by atoms with Gasteiger partial charge in [0.15, 0.2) is 0 Å². The quantitative estimate of drug-likeness (QED) is 0.240. The Kier molecular flexibility index (Phi) is 4.53. The third kappa shape index (κ3) is 3.15. The van der Waals surface area contributed by atoms with Crippen molar-refractivity contribution in [3.05, 3.63) is 131 Å². The molecule has 0 amide bonds. The van der Waals surface area contributed by atoms with E-state index in [0.717, 1.165) is 0 Å². The van der Waals surface area contributed by atoms with Gasteiger partial charge in [-0.05, 0) is 68.4 Å². The Balaban J connectivity index is 1.34. The van der Waals surface area contributed by atoms with Crippen molar-refractivity contribution in [3.63, 3.8) is 0 Å². The standard InChI is InChI=1S/C33H24S/c1-21-13-16-27-26(17-21)19-31(30-12-5-4-11-29(27)30)23-8-6-9-24(18-23)32-20-25-15-14-22-7-2-3-10-28(22)33(25)34-32/h2-20,25,33H,1H3. The zero-order valence-corrected chi connectivity index (χ0v) is 19.8. The maximum atomic E-state index is 2.46. The van der Waals surface area contributed by atoms with E-state index in [1.807, 2.05) is 11.8 Å². The van der Waals surface area contributed by atoms with Crippen LogP contribution in [0.25, 0.3) is 43.7 Å². The summed E-state index contributed by atoms with van der Waals surface area (Å²) in [5, 5.41) is 5.74. The lowest BCUT2D eigenvalue weighted by molar-refractivity contribution is 0.790. The monoisotopic (exact) mass is 452 g/mol. The summed E-state index contributed by atoms with van der Waals surface area (Å²) in [6, 6.07) is 35.9. The van der Waals surface area contributed by atoms with Crippen LogP contribution in [0.1, 0.15) is 27.5 Å². The Morgan fingerprint density at radius 1 is 0.676 bits per heavy atom. The van der Waals surface area contributed by atoms with Crippen molar-refractivity contribution in [2.75, 3.05) is 0 Å². The highest BCUT2D eigenvalue weighted by Gasteiger charge is 2.32. The fourth-order valence-electron chi connectivity index (χ4n) is 5.56. The summed E-state index contributed by atoms with van der Waals surface area (Å²) in [5.41, 5.74) is 8.02. The number of rotatable bonds is 2. The molecule has 1 aliphatic carbocycles. The van der Waals surface area contributed by atoms with Gasteiger partial charge in [0.05, 0.1) is 0 Å². The maximum absolute atomic E-state index is 2.46. The molecule has 162 valence electrons. The van der Waals surface area contributed by atoms with Gasteiger partial charge >= 0.3 is 0 Å². The molecule has 0 aromatic heterocycles. The highest BCUT2D eigenvalue weighted by atomic mass is 32.2. The number of aryl methyl sites for hydroxylation is 1. The molecule has 7 rings (SSSR count). The summed E-state index contributed by atoms with van der Waals surface area (Å²) in [6.45, 7) is 2.17. The van der Waals surface area contributed by atoms with Gasteiger partial charge in [-0.15, -0.1) is 11.8 Å². The Morgan fingerprint density at radius 2 is 1.50 bits per heavy atom. The van der Waals surface area contributed by atoms with Gasteiger partial charge in [0.2, 0.25) is 0 Å². The second-order valence-electron chi connectivity index (χ2n) is 9.41. The molecule has 0 saturated carbocycles. The zero-order valence-electron chi connectivity index (χ0n) is 19.0. The maximum Gasteiger partial charge on any atom is 0.0448 e. The number of thioether (sulfide) groups is 1. The van der Waals surface area contributed by atoms with E-state index >= 15 is 0 Å². The average Bonchev–Trinajstić information content (AvgIpc) is 3.33. The largest absolute Gasteiger partial charge is 0.117 e. The molecule has 0 N–H and O–H groups in total. The van der Waals surface area contributed by atoms with Crippen molar-refractivity contribution in [1.82, 2.24) is 0 Å². The summed E-state index contributed by atoms with van der Waals surface area (Å²) < 4.78 is 0. The Labute approximate surface area is 204 Å². The predicted octanol–water partition coefficient (Wildman–Crippen LogP) is 9.44. The third-order valence-corrected chi connectivity index (χ3v) is 8.67. The van der Waals surface area contributed by atoms with Crippen molar-refractivity contribution in [2.45, 2.75) is 12.2 Å². The molecule has 1 aliphatic heterocycles. The Morgan fingerprint density at radius 3 is 2.44 bits per heavy atom. The van der Waals surface area contributed by atoms with Gasteiger partial charge in [0, 0.05) is 16.1 Å². The highest BCUT2D eigenvalue weighted by molar-refractivity contribution is 8.08. The van der Waals surface area contributed by atoms with Gasteiger partial charge in [-0.2, -0.15) is 0 Å². The molecule has 2 atom stereocenters. The molecule has 5 aromatic carbocycles. The first-order valence-corrected chi connectivity index (χ1v) is 12.8. The number of hydrogen-bond acceptors (Lipinski definition) is 1. The minimum Gasteiger partial charge on any atom is -0.117 e. The van der Waals surface area contributed by atoms with E-state index < -0.39 is 0 Å². The van der Waals surface area contributed by atoms with Gasteiger partial charge in [0.1, 0.15) is 0 Å². The number of allylic oxidation sites excluding steroid dienone is 2. The van der Waals surface area contributed by atoms with Crippen LogP contribution in [-0.2, 0) is 0 Å². The van der Waals surface area contributed by atoms with Gasteiger partial charge in [-0.25, -0.2) is 0 Å². The van der Waals surface area contributed by atoms with E-state index in [0.29, 0.717) is 11.2 Å².